The number of carbonyl (C=O) groups is 1. The Balaban J connectivity index is 1.74. The number of carbonyl (C=O) groups excluding carboxylic acids is 1. The first-order valence-corrected chi connectivity index (χ1v) is 5.70. The molecule has 0 heterocycles. The lowest BCUT2D eigenvalue weighted by Crippen LogP contribution is -2.59. The molecule has 1 amide bonds. The summed E-state index contributed by atoms with van der Waals surface area (Å²) < 4.78 is 0. The van der Waals surface area contributed by atoms with Crippen molar-refractivity contribution < 1.29 is 4.79 Å². The molecule has 2 fully saturated rings. The predicted molar refractivity (Wildman–Crippen MR) is 55.7 cm³/mol. The zero-order chi connectivity index (χ0) is 10.2. The van der Waals surface area contributed by atoms with Gasteiger partial charge in [0.1, 0.15) is 0 Å². The van der Waals surface area contributed by atoms with Gasteiger partial charge in [0.15, 0.2) is 0 Å². The number of amides is 1. The highest BCUT2D eigenvalue weighted by Crippen LogP contribution is 2.34. The van der Waals surface area contributed by atoms with Crippen LogP contribution in [0.4, 0.5) is 0 Å². The second-order valence-corrected chi connectivity index (χ2v) is 5.06. The first-order chi connectivity index (χ1) is 6.60. The third-order valence-electron chi connectivity index (χ3n) is 3.46. The van der Waals surface area contributed by atoms with E-state index in [-0.39, 0.29) is 5.91 Å². The third kappa shape index (κ3) is 2.08. The molecule has 3 heteroatoms. The molecule has 0 bridgehead atoms. The van der Waals surface area contributed by atoms with E-state index in [1.807, 2.05) is 0 Å². The third-order valence-corrected chi connectivity index (χ3v) is 3.46. The summed E-state index contributed by atoms with van der Waals surface area (Å²) in [6.07, 6.45) is 6.62. The Morgan fingerprint density at radius 2 is 2.21 bits per heavy atom. The molecule has 14 heavy (non-hydrogen) atoms. The van der Waals surface area contributed by atoms with E-state index in [2.05, 4.69) is 12.2 Å². The molecule has 0 radical (unpaired) electrons. The van der Waals surface area contributed by atoms with E-state index >= 15 is 0 Å². The zero-order valence-electron chi connectivity index (χ0n) is 8.88. The number of nitrogens with two attached hydrogens (primary N) is 1. The fraction of sp³-hybridized carbons (Fsp3) is 0.909. The monoisotopic (exact) mass is 196 g/mol. The van der Waals surface area contributed by atoms with Crippen molar-refractivity contribution in [3.8, 4) is 0 Å². The van der Waals surface area contributed by atoms with Crippen LogP contribution in [0.3, 0.4) is 0 Å². The Morgan fingerprint density at radius 1 is 1.57 bits per heavy atom. The fourth-order valence-electron chi connectivity index (χ4n) is 2.06. The molecule has 2 rings (SSSR count). The van der Waals surface area contributed by atoms with Gasteiger partial charge in [0.2, 0.25) is 5.91 Å². The topological polar surface area (TPSA) is 55.1 Å². The summed E-state index contributed by atoms with van der Waals surface area (Å²) in [7, 11) is 0. The van der Waals surface area contributed by atoms with E-state index < -0.39 is 5.54 Å². The van der Waals surface area contributed by atoms with Crippen LogP contribution in [-0.2, 0) is 4.79 Å². The fourth-order valence-corrected chi connectivity index (χ4v) is 2.06. The van der Waals surface area contributed by atoms with E-state index in [9.17, 15) is 4.79 Å². The van der Waals surface area contributed by atoms with Crippen LogP contribution >= 0.6 is 0 Å². The zero-order valence-corrected chi connectivity index (χ0v) is 8.88. The maximum Gasteiger partial charge on any atom is 0.240 e. The minimum Gasteiger partial charge on any atom is -0.352 e. The molecule has 3 nitrogen and oxygen atoms in total. The molecule has 1 unspecified atom stereocenters. The van der Waals surface area contributed by atoms with E-state index in [4.69, 9.17) is 5.73 Å². The molecule has 0 aromatic heterocycles. The van der Waals surface area contributed by atoms with Crippen molar-refractivity contribution in [1.82, 2.24) is 5.32 Å². The standard InChI is InChI=1S/C11H20N2O/c1-8(7-9-3-4-9)13-10(14)11(12)5-2-6-11/h8-9H,2-7,12H2,1H3,(H,13,14). The lowest BCUT2D eigenvalue weighted by Gasteiger charge is -2.37. The van der Waals surface area contributed by atoms with Gasteiger partial charge in [-0.3, -0.25) is 4.79 Å². The second kappa shape index (κ2) is 3.54. The largest absolute Gasteiger partial charge is 0.352 e. The molecule has 0 aromatic rings. The molecule has 0 spiro atoms. The van der Waals surface area contributed by atoms with Crippen LogP contribution in [0.5, 0.6) is 0 Å². The first kappa shape index (κ1) is 9.97. The average molecular weight is 196 g/mol. The van der Waals surface area contributed by atoms with Crippen molar-refractivity contribution in [3.63, 3.8) is 0 Å². The molecule has 2 aliphatic rings. The minimum atomic E-state index is -0.530. The molecular formula is C11H20N2O. The quantitative estimate of drug-likeness (QED) is 0.709. The summed E-state index contributed by atoms with van der Waals surface area (Å²) in [6.45, 7) is 2.08. The van der Waals surface area contributed by atoms with Gasteiger partial charge in [-0.1, -0.05) is 12.8 Å². The van der Waals surface area contributed by atoms with Crippen LogP contribution in [0.2, 0.25) is 0 Å². The van der Waals surface area contributed by atoms with Crippen molar-refractivity contribution in [2.75, 3.05) is 0 Å². The van der Waals surface area contributed by atoms with Gasteiger partial charge in [0.05, 0.1) is 5.54 Å². The molecule has 2 aliphatic carbocycles. The van der Waals surface area contributed by atoms with Gasteiger partial charge < -0.3 is 11.1 Å². The Bertz CT molecular complexity index is 231. The smallest absolute Gasteiger partial charge is 0.240 e. The van der Waals surface area contributed by atoms with Gasteiger partial charge in [-0.2, -0.15) is 0 Å². The van der Waals surface area contributed by atoms with Crippen LogP contribution < -0.4 is 11.1 Å². The molecule has 1 atom stereocenters. The molecule has 0 aromatic carbocycles. The van der Waals surface area contributed by atoms with E-state index in [0.29, 0.717) is 6.04 Å². The van der Waals surface area contributed by atoms with Gasteiger partial charge in [-0.25, -0.2) is 0 Å². The van der Waals surface area contributed by atoms with E-state index in [1.54, 1.807) is 0 Å². The second-order valence-electron chi connectivity index (χ2n) is 5.06. The summed E-state index contributed by atoms with van der Waals surface area (Å²) in [5, 5.41) is 3.03. The van der Waals surface area contributed by atoms with Crippen molar-refractivity contribution in [3.05, 3.63) is 0 Å². The molecule has 0 saturated heterocycles. The summed E-state index contributed by atoms with van der Waals surface area (Å²) in [6, 6.07) is 0.302. The lowest BCUT2D eigenvalue weighted by atomic mass is 9.77. The molecule has 2 saturated carbocycles. The average Bonchev–Trinajstić information content (AvgIpc) is 2.83. The number of rotatable bonds is 4. The number of nitrogens with one attached hydrogen (secondary N) is 1. The van der Waals surface area contributed by atoms with Gasteiger partial charge in [0.25, 0.3) is 0 Å². The highest BCUT2D eigenvalue weighted by Gasteiger charge is 2.40. The Labute approximate surface area is 85.4 Å². The number of hydrogen-bond donors (Lipinski definition) is 2. The molecular weight excluding hydrogens is 176 g/mol. The van der Waals surface area contributed by atoms with Crippen molar-refractivity contribution in [1.29, 1.82) is 0 Å². The SMILES string of the molecule is CC(CC1CC1)NC(=O)C1(N)CCC1. The maximum absolute atomic E-state index is 11.7. The van der Waals surface area contributed by atoms with E-state index in [0.717, 1.165) is 31.6 Å². The first-order valence-electron chi connectivity index (χ1n) is 5.70. The number of hydrogen-bond acceptors (Lipinski definition) is 2. The Hall–Kier alpha value is -0.570. The van der Waals surface area contributed by atoms with Crippen molar-refractivity contribution in [2.45, 2.75) is 57.0 Å². The van der Waals surface area contributed by atoms with Gasteiger partial charge in [-0.15, -0.1) is 0 Å². The highest BCUT2D eigenvalue weighted by atomic mass is 16.2. The summed E-state index contributed by atoms with van der Waals surface area (Å²) in [4.78, 5) is 11.7. The normalized spacial score (nSPS) is 26.4. The van der Waals surface area contributed by atoms with Gasteiger partial charge in [0, 0.05) is 6.04 Å². The van der Waals surface area contributed by atoms with Gasteiger partial charge in [-0.05, 0) is 38.5 Å². The predicted octanol–water partition coefficient (Wildman–Crippen LogP) is 1.17. The van der Waals surface area contributed by atoms with Crippen LogP contribution in [0.25, 0.3) is 0 Å². The maximum atomic E-state index is 11.7. The van der Waals surface area contributed by atoms with E-state index in [1.165, 1.54) is 12.8 Å². The van der Waals surface area contributed by atoms with Gasteiger partial charge >= 0.3 is 0 Å². The highest BCUT2D eigenvalue weighted by molar-refractivity contribution is 5.87. The summed E-state index contributed by atoms with van der Waals surface area (Å²) in [5.41, 5.74) is 5.40. The molecule has 3 N–H and O–H groups in total. The Kier molecular flexibility index (Phi) is 2.52. The summed E-state index contributed by atoms with van der Waals surface area (Å²) >= 11 is 0. The summed E-state index contributed by atoms with van der Waals surface area (Å²) in [5.74, 6) is 0.928. The lowest BCUT2D eigenvalue weighted by molar-refractivity contribution is -0.129. The van der Waals surface area contributed by atoms with Crippen LogP contribution in [0.15, 0.2) is 0 Å². The van der Waals surface area contributed by atoms with Crippen LogP contribution in [0.1, 0.15) is 45.4 Å². The minimum absolute atomic E-state index is 0.0666. The molecule has 0 aliphatic heterocycles. The Morgan fingerprint density at radius 3 is 2.64 bits per heavy atom. The van der Waals surface area contributed by atoms with Crippen LogP contribution in [-0.4, -0.2) is 17.5 Å². The molecule has 80 valence electrons. The van der Waals surface area contributed by atoms with Crippen molar-refractivity contribution >= 4 is 5.91 Å². The van der Waals surface area contributed by atoms with Crippen molar-refractivity contribution in [2.24, 2.45) is 11.7 Å². The van der Waals surface area contributed by atoms with Crippen LogP contribution in [0, 0.1) is 5.92 Å².